The number of hydrogen-bond acceptors (Lipinski definition) is 1. The molecule has 94 valence electrons. The molecule has 1 aromatic rings. The molecule has 1 fully saturated rings. The normalized spacial score (nSPS) is 18.8. The molecule has 2 N–H and O–H groups in total. The van der Waals surface area contributed by atoms with Crippen molar-refractivity contribution in [1.29, 1.82) is 0 Å². The average Bonchev–Trinajstić information content (AvgIpc) is 2.22. The van der Waals surface area contributed by atoms with Crippen LogP contribution in [0.25, 0.3) is 0 Å². The molecule has 0 radical (unpaired) electrons. The maximum atomic E-state index is 5.76. The van der Waals surface area contributed by atoms with Crippen molar-refractivity contribution >= 4 is 0 Å². The van der Waals surface area contributed by atoms with Crippen molar-refractivity contribution in [3.8, 4) is 0 Å². The third-order valence-corrected chi connectivity index (χ3v) is 4.30. The molecule has 0 atom stereocenters. The predicted molar refractivity (Wildman–Crippen MR) is 74.3 cm³/mol. The molecule has 0 aromatic heterocycles. The monoisotopic (exact) mass is 231 g/mol. The molecule has 0 bridgehead atoms. The van der Waals surface area contributed by atoms with Crippen molar-refractivity contribution in [3.63, 3.8) is 0 Å². The largest absolute Gasteiger partial charge is 0.330 e. The fourth-order valence-corrected chi connectivity index (χ4v) is 2.89. The highest BCUT2D eigenvalue weighted by atomic mass is 14.6. The lowest BCUT2D eigenvalue weighted by atomic mass is 9.62. The minimum atomic E-state index is 0.249. The molecule has 1 aliphatic carbocycles. The van der Waals surface area contributed by atoms with Gasteiger partial charge in [0.25, 0.3) is 0 Å². The molecule has 1 nitrogen and oxygen atoms in total. The molecule has 0 heterocycles. The first-order valence-corrected chi connectivity index (χ1v) is 6.79. The summed E-state index contributed by atoms with van der Waals surface area (Å²) in [6.45, 7) is 7.60. The topological polar surface area (TPSA) is 26.0 Å². The molecule has 0 spiro atoms. The van der Waals surface area contributed by atoms with E-state index in [1.807, 2.05) is 0 Å². The van der Waals surface area contributed by atoms with Crippen LogP contribution >= 0.6 is 0 Å². The Kier molecular flexibility index (Phi) is 3.31. The summed E-state index contributed by atoms with van der Waals surface area (Å²) in [5.41, 5.74) is 9.34. The van der Waals surface area contributed by atoms with Crippen LogP contribution in [0.4, 0.5) is 0 Å². The smallest absolute Gasteiger partial charge is 0.00350 e. The van der Waals surface area contributed by atoms with Crippen LogP contribution in [0.3, 0.4) is 0 Å². The summed E-state index contributed by atoms with van der Waals surface area (Å²) in [7, 11) is 0. The van der Waals surface area contributed by atoms with Crippen molar-refractivity contribution in [2.24, 2.45) is 5.73 Å². The van der Waals surface area contributed by atoms with Crippen LogP contribution < -0.4 is 5.73 Å². The first-order valence-electron chi connectivity index (χ1n) is 6.79. The summed E-state index contributed by atoms with van der Waals surface area (Å²) in [6.07, 6.45) is 5.14. The summed E-state index contributed by atoms with van der Waals surface area (Å²) >= 11 is 0. The Morgan fingerprint density at radius 3 is 2.06 bits per heavy atom. The molecular weight excluding hydrogens is 206 g/mol. The second kappa shape index (κ2) is 4.45. The van der Waals surface area contributed by atoms with Crippen molar-refractivity contribution in [2.45, 2.75) is 57.3 Å². The Hall–Kier alpha value is -0.820. The fourth-order valence-electron chi connectivity index (χ4n) is 2.89. The highest BCUT2D eigenvalue weighted by Crippen LogP contribution is 2.46. The van der Waals surface area contributed by atoms with E-state index in [0.29, 0.717) is 5.41 Å². The highest BCUT2D eigenvalue weighted by Gasteiger charge is 2.37. The zero-order valence-electron chi connectivity index (χ0n) is 11.4. The Bertz CT molecular complexity index is 366. The zero-order valence-corrected chi connectivity index (χ0v) is 11.4. The van der Waals surface area contributed by atoms with Gasteiger partial charge in [0, 0.05) is 0 Å². The van der Waals surface area contributed by atoms with Crippen LogP contribution in [0, 0.1) is 0 Å². The Morgan fingerprint density at radius 2 is 1.71 bits per heavy atom. The minimum Gasteiger partial charge on any atom is -0.330 e. The van der Waals surface area contributed by atoms with Gasteiger partial charge in [-0.15, -0.1) is 0 Å². The summed E-state index contributed by atoms with van der Waals surface area (Å²) in [6, 6.07) is 9.25. The molecule has 1 aliphatic rings. The Labute approximate surface area is 105 Å². The summed E-state index contributed by atoms with van der Waals surface area (Å²) in [5, 5.41) is 0. The van der Waals surface area contributed by atoms with Gasteiger partial charge in [-0.3, -0.25) is 0 Å². The molecule has 0 saturated heterocycles. The quantitative estimate of drug-likeness (QED) is 0.842. The predicted octanol–water partition coefficient (Wildman–Crippen LogP) is 3.75. The summed E-state index contributed by atoms with van der Waals surface area (Å²) in [4.78, 5) is 0. The highest BCUT2D eigenvalue weighted by molar-refractivity contribution is 5.33. The average molecular weight is 231 g/mol. The van der Waals surface area contributed by atoms with Crippen LogP contribution in [0.2, 0.25) is 0 Å². The van der Waals surface area contributed by atoms with Gasteiger partial charge in [0.2, 0.25) is 0 Å². The number of rotatable bonds is 3. The van der Waals surface area contributed by atoms with E-state index in [2.05, 4.69) is 45.0 Å². The molecule has 17 heavy (non-hydrogen) atoms. The second-order valence-electron chi connectivity index (χ2n) is 6.50. The summed E-state index contributed by atoms with van der Waals surface area (Å²) < 4.78 is 0. The Morgan fingerprint density at radius 1 is 1.12 bits per heavy atom. The SMILES string of the molecule is CC(C)(C)c1ccc(C2(CCN)CCC2)cc1. The minimum absolute atomic E-state index is 0.249. The van der Waals surface area contributed by atoms with E-state index >= 15 is 0 Å². The lowest BCUT2D eigenvalue weighted by Crippen LogP contribution is -2.36. The molecule has 2 rings (SSSR count). The molecule has 0 amide bonds. The van der Waals surface area contributed by atoms with Gasteiger partial charge in [-0.1, -0.05) is 51.5 Å². The Balaban J connectivity index is 2.23. The van der Waals surface area contributed by atoms with Crippen LogP contribution in [-0.4, -0.2) is 6.54 Å². The van der Waals surface area contributed by atoms with E-state index in [0.717, 1.165) is 13.0 Å². The number of hydrogen-bond donors (Lipinski definition) is 1. The van der Waals surface area contributed by atoms with Gasteiger partial charge in [0.15, 0.2) is 0 Å². The van der Waals surface area contributed by atoms with Crippen molar-refractivity contribution in [2.75, 3.05) is 6.54 Å². The van der Waals surface area contributed by atoms with Crippen LogP contribution in [0.15, 0.2) is 24.3 Å². The number of benzene rings is 1. The van der Waals surface area contributed by atoms with E-state index in [1.54, 1.807) is 0 Å². The van der Waals surface area contributed by atoms with Gasteiger partial charge < -0.3 is 5.73 Å². The van der Waals surface area contributed by atoms with Crippen LogP contribution in [0.1, 0.15) is 57.6 Å². The van der Waals surface area contributed by atoms with E-state index in [9.17, 15) is 0 Å². The van der Waals surface area contributed by atoms with Crippen molar-refractivity contribution in [3.05, 3.63) is 35.4 Å². The standard InChI is InChI=1S/C16H25N/c1-15(2,3)13-5-7-14(8-6-13)16(11-12-17)9-4-10-16/h5-8H,4,9-12,17H2,1-3H3. The third-order valence-electron chi connectivity index (χ3n) is 4.30. The van der Waals surface area contributed by atoms with Gasteiger partial charge in [-0.25, -0.2) is 0 Å². The zero-order chi connectivity index (χ0) is 12.5. The molecule has 1 aromatic carbocycles. The van der Waals surface area contributed by atoms with Crippen LogP contribution in [0.5, 0.6) is 0 Å². The molecular formula is C16H25N. The summed E-state index contributed by atoms with van der Waals surface area (Å²) in [5.74, 6) is 0. The van der Waals surface area contributed by atoms with Gasteiger partial charge >= 0.3 is 0 Å². The third kappa shape index (κ3) is 2.40. The van der Waals surface area contributed by atoms with Gasteiger partial charge in [0.1, 0.15) is 0 Å². The number of nitrogens with two attached hydrogens (primary N) is 1. The second-order valence-corrected chi connectivity index (χ2v) is 6.50. The lowest BCUT2D eigenvalue weighted by molar-refractivity contribution is 0.229. The molecule has 1 heteroatoms. The molecule has 0 aliphatic heterocycles. The van der Waals surface area contributed by atoms with E-state index in [4.69, 9.17) is 5.73 Å². The van der Waals surface area contributed by atoms with Crippen LogP contribution in [-0.2, 0) is 10.8 Å². The van der Waals surface area contributed by atoms with Crippen molar-refractivity contribution in [1.82, 2.24) is 0 Å². The van der Waals surface area contributed by atoms with E-state index in [1.165, 1.54) is 30.4 Å². The lowest BCUT2D eigenvalue weighted by Gasteiger charge is -2.42. The first kappa shape index (κ1) is 12.6. The van der Waals surface area contributed by atoms with E-state index < -0.39 is 0 Å². The van der Waals surface area contributed by atoms with Gasteiger partial charge in [0.05, 0.1) is 0 Å². The molecule has 1 saturated carbocycles. The maximum absolute atomic E-state index is 5.76. The first-order chi connectivity index (χ1) is 7.98. The fraction of sp³-hybridized carbons (Fsp3) is 0.625. The molecule has 0 unspecified atom stereocenters. The van der Waals surface area contributed by atoms with Gasteiger partial charge in [-0.05, 0) is 47.8 Å². The van der Waals surface area contributed by atoms with Gasteiger partial charge in [-0.2, -0.15) is 0 Å². The van der Waals surface area contributed by atoms with E-state index in [-0.39, 0.29) is 5.41 Å². The van der Waals surface area contributed by atoms with Crippen molar-refractivity contribution < 1.29 is 0 Å². The maximum Gasteiger partial charge on any atom is -0.00350 e.